The van der Waals surface area contributed by atoms with Crippen LogP contribution in [0.1, 0.15) is 17.3 Å². The number of nitrogens with one attached hydrogen (secondary N) is 1. The zero-order valence-electron chi connectivity index (χ0n) is 9.18. The van der Waals surface area contributed by atoms with Gasteiger partial charge in [-0.3, -0.25) is 4.79 Å². The largest absolute Gasteiger partial charge is 0.468 e. The molecule has 5 heteroatoms. The molecule has 0 radical (unpaired) electrons. The van der Waals surface area contributed by atoms with Gasteiger partial charge in [-0.15, -0.1) is 0 Å². The summed E-state index contributed by atoms with van der Waals surface area (Å²) >= 11 is 5.82. The topological polar surface area (TPSA) is 55.0 Å². The van der Waals surface area contributed by atoms with Crippen LogP contribution in [0.5, 0.6) is 0 Å². The van der Waals surface area contributed by atoms with Crippen molar-refractivity contribution in [1.82, 2.24) is 9.97 Å². The lowest BCUT2D eigenvalue weighted by Gasteiger charge is -2.12. The number of nitrogens with zero attached hydrogens (tertiary/aromatic N) is 1. The van der Waals surface area contributed by atoms with Crippen molar-refractivity contribution in [3.05, 3.63) is 53.1 Å². The van der Waals surface area contributed by atoms with Crippen LogP contribution in [-0.4, -0.2) is 23.0 Å². The van der Waals surface area contributed by atoms with E-state index in [0.717, 1.165) is 5.56 Å². The molecule has 2 rings (SSSR count). The number of benzene rings is 1. The highest BCUT2D eigenvalue weighted by Crippen LogP contribution is 2.24. The minimum absolute atomic E-state index is 0.359. The van der Waals surface area contributed by atoms with Gasteiger partial charge >= 0.3 is 5.97 Å². The SMILES string of the molecule is COC(=O)C(c1ccc(Cl)cc1)c1ncc[nH]1. The van der Waals surface area contributed by atoms with Gasteiger partial charge in [-0.1, -0.05) is 23.7 Å². The number of hydrogen-bond acceptors (Lipinski definition) is 3. The first-order valence-corrected chi connectivity index (χ1v) is 5.42. The van der Waals surface area contributed by atoms with Crippen LogP contribution >= 0.6 is 11.6 Å². The molecule has 0 saturated heterocycles. The maximum atomic E-state index is 11.8. The summed E-state index contributed by atoms with van der Waals surface area (Å²) < 4.78 is 4.79. The zero-order chi connectivity index (χ0) is 12.3. The Morgan fingerprint density at radius 1 is 1.41 bits per heavy atom. The molecular formula is C12H11ClN2O2. The van der Waals surface area contributed by atoms with Crippen molar-refractivity contribution in [2.45, 2.75) is 5.92 Å². The normalized spacial score (nSPS) is 12.1. The Balaban J connectivity index is 2.40. The minimum Gasteiger partial charge on any atom is -0.468 e. The van der Waals surface area contributed by atoms with Crippen molar-refractivity contribution >= 4 is 17.6 Å². The van der Waals surface area contributed by atoms with Crippen molar-refractivity contribution < 1.29 is 9.53 Å². The summed E-state index contributed by atoms with van der Waals surface area (Å²) in [4.78, 5) is 18.8. The Morgan fingerprint density at radius 2 is 2.12 bits per heavy atom. The number of H-pyrrole nitrogens is 1. The Bertz CT molecular complexity index is 494. The van der Waals surface area contributed by atoms with Crippen molar-refractivity contribution in [2.24, 2.45) is 0 Å². The van der Waals surface area contributed by atoms with Gasteiger partial charge in [-0.05, 0) is 17.7 Å². The van der Waals surface area contributed by atoms with Gasteiger partial charge < -0.3 is 9.72 Å². The number of methoxy groups -OCH3 is 1. The fourth-order valence-electron chi connectivity index (χ4n) is 1.61. The van der Waals surface area contributed by atoms with E-state index in [9.17, 15) is 4.79 Å². The Morgan fingerprint density at radius 3 is 2.65 bits per heavy atom. The monoisotopic (exact) mass is 250 g/mol. The molecule has 0 aliphatic rings. The van der Waals surface area contributed by atoms with Crippen LogP contribution in [0.3, 0.4) is 0 Å². The van der Waals surface area contributed by atoms with Gasteiger partial charge in [-0.25, -0.2) is 4.98 Å². The third kappa shape index (κ3) is 2.47. The average molecular weight is 251 g/mol. The Hall–Kier alpha value is -1.81. The summed E-state index contributed by atoms with van der Waals surface area (Å²) in [5, 5.41) is 0.622. The molecule has 88 valence electrons. The van der Waals surface area contributed by atoms with Crippen LogP contribution in [0.2, 0.25) is 5.02 Å². The van der Waals surface area contributed by atoms with Gasteiger partial charge in [0.25, 0.3) is 0 Å². The summed E-state index contributed by atoms with van der Waals surface area (Å²) in [5.74, 6) is -0.353. The van der Waals surface area contributed by atoms with E-state index in [1.54, 1.807) is 36.7 Å². The lowest BCUT2D eigenvalue weighted by atomic mass is 9.99. The van der Waals surface area contributed by atoms with E-state index in [1.807, 2.05) is 0 Å². The quantitative estimate of drug-likeness (QED) is 0.851. The molecular weight excluding hydrogens is 240 g/mol. The second-order valence-electron chi connectivity index (χ2n) is 3.48. The van der Waals surface area contributed by atoms with Gasteiger partial charge in [0.15, 0.2) is 0 Å². The molecule has 1 heterocycles. The predicted molar refractivity (Wildman–Crippen MR) is 63.9 cm³/mol. The molecule has 0 bridgehead atoms. The molecule has 1 atom stereocenters. The second-order valence-corrected chi connectivity index (χ2v) is 3.92. The minimum atomic E-state index is -0.549. The number of aromatic nitrogens is 2. The third-order valence-electron chi connectivity index (χ3n) is 2.43. The molecule has 0 spiro atoms. The van der Waals surface area contributed by atoms with Crippen LogP contribution < -0.4 is 0 Å². The molecule has 0 saturated carbocycles. The van der Waals surface area contributed by atoms with Gasteiger partial charge in [0.1, 0.15) is 11.7 Å². The molecule has 2 aromatic rings. The van der Waals surface area contributed by atoms with Gasteiger partial charge in [0.2, 0.25) is 0 Å². The van der Waals surface area contributed by atoms with Crippen molar-refractivity contribution in [3.63, 3.8) is 0 Å². The first-order valence-electron chi connectivity index (χ1n) is 5.05. The first-order chi connectivity index (χ1) is 8.22. The summed E-state index contributed by atoms with van der Waals surface area (Å²) in [6, 6.07) is 7.03. The van der Waals surface area contributed by atoms with Gasteiger partial charge in [0, 0.05) is 17.4 Å². The van der Waals surface area contributed by atoms with Crippen LogP contribution in [-0.2, 0) is 9.53 Å². The molecule has 4 nitrogen and oxygen atoms in total. The van der Waals surface area contributed by atoms with E-state index in [4.69, 9.17) is 16.3 Å². The molecule has 1 N–H and O–H groups in total. The lowest BCUT2D eigenvalue weighted by molar-refractivity contribution is -0.141. The fraction of sp³-hybridized carbons (Fsp3) is 0.167. The highest BCUT2D eigenvalue weighted by Gasteiger charge is 2.25. The average Bonchev–Trinajstić information content (AvgIpc) is 2.85. The van der Waals surface area contributed by atoms with Crippen molar-refractivity contribution in [1.29, 1.82) is 0 Å². The number of carbonyl (C=O) groups is 1. The van der Waals surface area contributed by atoms with E-state index >= 15 is 0 Å². The number of rotatable bonds is 3. The van der Waals surface area contributed by atoms with Crippen LogP contribution in [0, 0.1) is 0 Å². The smallest absolute Gasteiger partial charge is 0.320 e. The van der Waals surface area contributed by atoms with Gasteiger partial charge in [-0.2, -0.15) is 0 Å². The number of esters is 1. The first kappa shape index (κ1) is 11.7. The number of ether oxygens (including phenoxy) is 1. The highest BCUT2D eigenvalue weighted by molar-refractivity contribution is 6.30. The molecule has 0 fully saturated rings. The molecule has 0 aliphatic carbocycles. The van der Waals surface area contributed by atoms with Crippen LogP contribution in [0.15, 0.2) is 36.7 Å². The van der Waals surface area contributed by atoms with E-state index in [0.29, 0.717) is 10.8 Å². The van der Waals surface area contributed by atoms with E-state index in [-0.39, 0.29) is 5.97 Å². The molecule has 1 unspecified atom stereocenters. The highest BCUT2D eigenvalue weighted by atomic mass is 35.5. The molecule has 0 aliphatic heterocycles. The zero-order valence-corrected chi connectivity index (χ0v) is 9.94. The number of imidazole rings is 1. The van der Waals surface area contributed by atoms with Crippen molar-refractivity contribution in [3.8, 4) is 0 Å². The van der Waals surface area contributed by atoms with E-state index in [1.165, 1.54) is 7.11 Å². The Kier molecular flexibility index (Phi) is 3.44. The summed E-state index contributed by atoms with van der Waals surface area (Å²) in [5.41, 5.74) is 0.788. The maximum absolute atomic E-state index is 11.8. The standard InChI is InChI=1S/C12H11ClN2O2/c1-17-12(16)10(11-14-6-7-15-11)8-2-4-9(13)5-3-8/h2-7,10H,1H3,(H,14,15). The second kappa shape index (κ2) is 5.01. The van der Waals surface area contributed by atoms with Gasteiger partial charge in [0.05, 0.1) is 7.11 Å². The summed E-state index contributed by atoms with van der Waals surface area (Å²) in [6.45, 7) is 0. The lowest BCUT2D eigenvalue weighted by Crippen LogP contribution is -2.16. The maximum Gasteiger partial charge on any atom is 0.320 e. The molecule has 17 heavy (non-hydrogen) atoms. The number of halogens is 1. The number of aromatic amines is 1. The Labute approximate surface area is 104 Å². The summed E-state index contributed by atoms with van der Waals surface area (Å²) in [7, 11) is 1.36. The number of carbonyl (C=O) groups excluding carboxylic acids is 1. The van der Waals surface area contributed by atoms with Crippen LogP contribution in [0.4, 0.5) is 0 Å². The number of hydrogen-bond donors (Lipinski definition) is 1. The fourth-order valence-corrected chi connectivity index (χ4v) is 1.74. The predicted octanol–water partition coefficient (Wildman–Crippen LogP) is 2.37. The van der Waals surface area contributed by atoms with Crippen LogP contribution in [0.25, 0.3) is 0 Å². The van der Waals surface area contributed by atoms with E-state index in [2.05, 4.69) is 9.97 Å². The van der Waals surface area contributed by atoms with E-state index < -0.39 is 5.92 Å². The third-order valence-corrected chi connectivity index (χ3v) is 2.69. The summed E-state index contributed by atoms with van der Waals surface area (Å²) in [6.07, 6.45) is 3.27. The molecule has 1 aromatic heterocycles. The van der Waals surface area contributed by atoms with Crippen molar-refractivity contribution in [2.75, 3.05) is 7.11 Å². The molecule has 1 aromatic carbocycles. The molecule has 0 amide bonds.